The van der Waals surface area contributed by atoms with Gasteiger partial charge in [0.1, 0.15) is 12.4 Å². The fourth-order valence-electron chi connectivity index (χ4n) is 2.28. The van der Waals surface area contributed by atoms with Crippen molar-refractivity contribution in [2.45, 2.75) is 25.1 Å². The number of ether oxygens (including phenoxy) is 1. The molecule has 1 fully saturated rings. The first-order valence-electron chi connectivity index (χ1n) is 7.33. The molecule has 1 saturated heterocycles. The quantitative estimate of drug-likeness (QED) is 0.807. The second-order valence-electron chi connectivity index (χ2n) is 5.32. The van der Waals surface area contributed by atoms with Crippen molar-refractivity contribution in [3.05, 3.63) is 42.0 Å². The molecule has 24 heavy (non-hydrogen) atoms. The molecule has 1 aliphatic rings. The smallest absolute Gasteiger partial charge is 0.416 e. The van der Waals surface area contributed by atoms with Gasteiger partial charge in [0.15, 0.2) is 0 Å². The van der Waals surface area contributed by atoms with E-state index in [-0.39, 0.29) is 42.8 Å². The van der Waals surface area contributed by atoms with Crippen molar-refractivity contribution in [1.82, 2.24) is 10.6 Å². The number of benzene rings is 1. The van der Waals surface area contributed by atoms with Gasteiger partial charge < -0.3 is 15.4 Å². The second-order valence-corrected chi connectivity index (χ2v) is 5.32. The molecule has 1 atom stereocenters. The standard InChI is InChI=1S/C16H17F3N2O3/c1-2-7-24-13-5-3-10(16(17,18)19)8-12(13)15(23)21-11-4-6-14(22)20-9-11/h2-3,5,8,11H,1,4,6-7,9H2,(H,20,22)(H,21,23). The molecule has 1 aromatic carbocycles. The van der Waals surface area contributed by atoms with Crippen molar-refractivity contribution < 1.29 is 27.5 Å². The van der Waals surface area contributed by atoms with Crippen LogP contribution in [0, 0.1) is 0 Å². The Labute approximate surface area is 136 Å². The molecule has 0 aromatic heterocycles. The molecule has 1 heterocycles. The van der Waals surface area contributed by atoms with Gasteiger partial charge >= 0.3 is 6.18 Å². The zero-order valence-corrected chi connectivity index (χ0v) is 12.8. The summed E-state index contributed by atoms with van der Waals surface area (Å²) in [5.41, 5.74) is -1.14. The van der Waals surface area contributed by atoms with Crippen LogP contribution in [0.1, 0.15) is 28.8 Å². The average molecular weight is 342 g/mol. The molecule has 5 nitrogen and oxygen atoms in total. The van der Waals surface area contributed by atoms with Gasteiger partial charge in [-0.1, -0.05) is 12.7 Å². The minimum absolute atomic E-state index is 0.0419. The Hall–Kier alpha value is -2.51. The van der Waals surface area contributed by atoms with Gasteiger partial charge in [0.25, 0.3) is 5.91 Å². The first-order chi connectivity index (χ1) is 11.3. The summed E-state index contributed by atoms with van der Waals surface area (Å²) in [6.07, 6.45) is -2.45. The molecular formula is C16H17F3N2O3. The van der Waals surface area contributed by atoms with Crippen LogP contribution in [-0.4, -0.2) is 31.0 Å². The molecule has 2 amide bonds. The number of carbonyl (C=O) groups excluding carboxylic acids is 2. The van der Waals surface area contributed by atoms with E-state index in [1.54, 1.807) is 0 Å². The lowest BCUT2D eigenvalue weighted by molar-refractivity contribution is -0.137. The largest absolute Gasteiger partial charge is 0.489 e. The van der Waals surface area contributed by atoms with Crippen LogP contribution in [0.2, 0.25) is 0 Å². The van der Waals surface area contributed by atoms with Crippen LogP contribution in [-0.2, 0) is 11.0 Å². The predicted molar refractivity (Wildman–Crippen MR) is 80.6 cm³/mol. The molecule has 0 saturated carbocycles. The van der Waals surface area contributed by atoms with Crippen LogP contribution >= 0.6 is 0 Å². The summed E-state index contributed by atoms with van der Waals surface area (Å²) < 4.78 is 43.9. The number of alkyl halides is 3. The monoisotopic (exact) mass is 342 g/mol. The number of nitrogens with one attached hydrogen (secondary N) is 2. The minimum Gasteiger partial charge on any atom is -0.489 e. The summed E-state index contributed by atoms with van der Waals surface area (Å²) in [6.45, 7) is 3.77. The summed E-state index contributed by atoms with van der Waals surface area (Å²) in [7, 11) is 0. The zero-order chi connectivity index (χ0) is 17.7. The highest BCUT2D eigenvalue weighted by atomic mass is 19.4. The highest BCUT2D eigenvalue weighted by Crippen LogP contribution is 2.32. The maximum absolute atomic E-state index is 12.9. The molecule has 8 heteroatoms. The molecule has 1 unspecified atom stereocenters. The van der Waals surface area contributed by atoms with Gasteiger partial charge in [0.05, 0.1) is 11.1 Å². The van der Waals surface area contributed by atoms with Crippen molar-refractivity contribution in [3.63, 3.8) is 0 Å². The number of piperidine rings is 1. The van der Waals surface area contributed by atoms with Crippen molar-refractivity contribution in [2.24, 2.45) is 0 Å². The van der Waals surface area contributed by atoms with Crippen LogP contribution in [0.4, 0.5) is 13.2 Å². The summed E-state index contributed by atoms with van der Waals surface area (Å²) in [5, 5.41) is 5.22. The molecule has 0 spiro atoms. The second kappa shape index (κ2) is 7.37. The van der Waals surface area contributed by atoms with E-state index in [9.17, 15) is 22.8 Å². The van der Waals surface area contributed by atoms with Crippen LogP contribution in [0.15, 0.2) is 30.9 Å². The van der Waals surface area contributed by atoms with Gasteiger partial charge in [-0.15, -0.1) is 0 Å². The van der Waals surface area contributed by atoms with Gasteiger partial charge in [-0.25, -0.2) is 0 Å². The van der Waals surface area contributed by atoms with Gasteiger partial charge in [-0.3, -0.25) is 9.59 Å². The number of rotatable bonds is 5. The molecule has 1 aliphatic heterocycles. The third kappa shape index (κ3) is 4.50. The third-order valence-corrected chi connectivity index (χ3v) is 3.51. The first kappa shape index (κ1) is 17.8. The lowest BCUT2D eigenvalue weighted by atomic mass is 10.0. The minimum atomic E-state index is -4.56. The summed E-state index contributed by atoms with van der Waals surface area (Å²) in [5.74, 6) is -0.754. The Balaban J connectivity index is 2.21. The van der Waals surface area contributed by atoms with E-state index < -0.39 is 17.6 Å². The van der Waals surface area contributed by atoms with Crippen molar-refractivity contribution in [2.75, 3.05) is 13.2 Å². The Morgan fingerprint density at radius 3 is 2.79 bits per heavy atom. The number of amides is 2. The average Bonchev–Trinajstić information content (AvgIpc) is 2.54. The van der Waals surface area contributed by atoms with E-state index in [2.05, 4.69) is 17.2 Å². The highest BCUT2D eigenvalue weighted by molar-refractivity contribution is 5.97. The van der Waals surface area contributed by atoms with Crippen molar-refractivity contribution >= 4 is 11.8 Å². The van der Waals surface area contributed by atoms with E-state index in [1.807, 2.05) is 0 Å². The lowest BCUT2D eigenvalue weighted by Crippen LogP contribution is -2.47. The summed E-state index contributed by atoms with van der Waals surface area (Å²) in [4.78, 5) is 23.5. The number of hydrogen-bond donors (Lipinski definition) is 2. The number of hydrogen-bond acceptors (Lipinski definition) is 3. The molecule has 0 bridgehead atoms. The fraction of sp³-hybridized carbons (Fsp3) is 0.375. The zero-order valence-electron chi connectivity index (χ0n) is 12.8. The van der Waals surface area contributed by atoms with E-state index in [0.29, 0.717) is 6.42 Å². The fourth-order valence-corrected chi connectivity index (χ4v) is 2.28. The van der Waals surface area contributed by atoms with Crippen LogP contribution in [0.5, 0.6) is 5.75 Å². The van der Waals surface area contributed by atoms with Gasteiger partial charge in [0, 0.05) is 19.0 Å². The van der Waals surface area contributed by atoms with Crippen LogP contribution in [0.25, 0.3) is 0 Å². The molecule has 2 rings (SSSR count). The predicted octanol–water partition coefficient (Wildman–Crippen LogP) is 2.28. The van der Waals surface area contributed by atoms with E-state index in [0.717, 1.165) is 18.2 Å². The van der Waals surface area contributed by atoms with E-state index >= 15 is 0 Å². The maximum Gasteiger partial charge on any atom is 0.416 e. The highest BCUT2D eigenvalue weighted by Gasteiger charge is 2.32. The molecule has 0 aliphatic carbocycles. The van der Waals surface area contributed by atoms with E-state index in [1.165, 1.54) is 6.08 Å². The van der Waals surface area contributed by atoms with E-state index in [4.69, 9.17) is 4.74 Å². The van der Waals surface area contributed by atoms with Crippen molar-refractivity contribution in [1.29, 1.82) is 0 Å². The van der Waals surface area contributed by atoms with Crippen molar-refractivity contribution in [3.8, 4) is 5.75 Å². The Morgan fingerprint density at radius 1 is 1.46 bits per heavy atom. The Kier molecular flexibility index (Phi) is 5.48. The topological polar surface area (TPSA) is 67.4 Å². The van der Waals surface area contributed by atoms with Gasteiger partial charge in [-0.05, 0) is 24.6 Å². The molecule has 0 radical (unpaired) electrons. The Bertz CT molecular complexity index is 634. The first-order valence-corrected chi connectivity index (χ1v) is 7.33. The Morgan fingerprint density at radius 2 is 2.21 bits per heavy atom. The summed E-state index contributed by atoms with van der Waals surface area (Å²) >= 11 is 0. The van der Waals surface area contributed by atoms with Gasteiger partial charge in [-0.2, -0.15) is 13.2 Å². The third-order valence-electron chi connectivity index (χ3n) is 3.51. The van der Waals surface area contributed by atoms with Crippen LogP contribution in [0.3, 0.4) is 0 Å². The lowest BCUT2D eigenvalue weighted by Gasteiger charge is -2.24. The van der Waals surface area contributed by atoms with Gasteiger partial charge in [0.2, 0.25) is 5.91 Å². The van der Waals surface area contributed by atoms with Crippen LogP contribution < -0.4 is 15.4 Å². The number of carbonyl (C=O) groups is 2. The summed E-state index contributed by atoms with van der Waals surface area (Å²) in [6, 6.07) is 2.40. The number of halogens is 3. The normalized spacial score (nSPS) is 17.8. The SMILES string of the molecule is C=CCOc1ccc(C(F)(F)F)cc1C(=O)NC1CCC(=O)NC1. The maximum atomic E-state index is 12.9. The molecule has 130 valence electrons. The molecular weight excluding hydrogens is 325 g/mol. The molecule has 2 N–H and O–H groups in total. The molecule has 1 aromatic rings.